The Labute approximate surface area is 164 Å². The van der Waals surface area contributed by atoms with E-state index in [0.29, 0.717) is 13.1 Å². The minimum Gasteiger partial charge on any atom is -0.353 e. The Bertz CT molecular complexity index is 604. The number of nitrogens with one attached hydrogen (secondary N) is 1. The maximum absolute atomic E-state index is 13.1. The topological polar surface area (TPSA) is 57.6 Å². The molecule has 1 N–H and O–H groups in total. The van der Waals surface area contributed by atoms with Crippen LogP contribution in [-0.4, -0.2) is 51.0 Å². The van der Waals surface area contributed by atoms with Crippen molar-refractivity contribution in [2.75, 3.05) is 13.1 Å². The van der Waals surface area contributed by atoms with E-state index in [-0.39, 0.29) is 30.1 Å². The van der Waals surface area contributed by atoms with Crippen molar-refractivity contribution in [2.24, 2.45) is 7.05 Å². The number of amides is 3. The maximum atomic E-state index is 13.1. The molecule has 0 aliphatic heterocycles. The van der Waals surface area contributed by atoms with Crippen LogP contribution >= 0.6 is 0 Å². The maximum Gasteiger partial charge on any atom is 0.318 e. The standard InChI is InChI=1S/C21H38N4O2/c1-8-10-14-24(15-18-12-11-13-23(18)7)19(26)16-25(17(3)9-2)20(27)22-21(4,5)6/h11-13,17H,8-10,14-16H2,1-7H3,(H,22,27)/t17-/m0/s1. The van der Waals surface area contributed by atoms with E-state index < -0.39 is 0 Å². The first-order valence-electron chi connectivity index (χ1n) is 10.1. The lowest BCUT2D eigenvalue weighted by Crippen LogP contribution is -2.54. The Kier molecular flexibility index (Phi) is 8.86. The number of hydrogen-bond donors (Lipinski definition) is 1. The zero-order valence-electron chi connectivity index (χ0n) is 18.2. The summed E-state index contributed by atoms with van der Waals surface area (Å²) < 4.78 is 2.03. The molecular formula is C21H38N4O2. The van der Waals surface area contributed by atoms with Crippen molar-refractivity contribution in [3.63, 3.8) is 0 Å². The fourth-order valence-corrected chi connectivity index (χ4v) is 2.78. The molecule has 0 fully saturated rings. The zero-order valence-corrected chi connectivity index (χ0v) is 18.2. The summed E-state index contributed by atoms with van der Waals surface area (Å²) in [4.78, 5) is 29.4. The number of nitrogens with zero attached hydrogens (tertiary/aromatic N) is 3. The Morgan fingerprint density at radius 2 is 1.93 bits per heavy atom. The van der Waals surface area contributed by atoms with Gasteiger partial charge in [0.15, 0.2) is 0 Å². The van der Waals surface area contributed by atoms with Crippen LogP contribution in [0.25, 0.3) is 0 Å². The van der Waals surface area contributed by atoms with E-state index in [1.54, 1.807) is 4.90 Å². The Morgan fingerprint density at radius 1 is 1.26 bits per heavy atom. The van der Waals surface area contributed by atoms with Gasteiger partial charge in [0.25, 0.3) is 0 Å². The number of hydrogen-bond acceptors (Lipinski definition) is 2. The predicted octanol–water partition coefficient (Wildman–Crippen LogP) is 3.76. The van der Waals surface area contributed by atoms with Crippen LogP contribution in [0, 0.1) is 0 Å². The molecule has 0 bridgehead atoms. The van der Waals surface area contributed by atoms with Crippen LogP contribution in [0.15, 0.2) is 18.3 Å². The van der Waals surface area contributed by atoms with Crippen molar-refractivity contribution in [3.05, 3.63) is 24.0 Å². The third-order valence-electron chi connectivity index (χ3n) is 4.71. The van der Waals surface area contributed by atoms with Crippen molar-refractivity contribution < 1.29 is 9.59 Å². The van der Waals surface area contributed by atoms with Gasteiger partial charge in [-0.3, -0.25) is 4.79 Å². The first-order chi connectivity index (χ1) is 12.6. The van der Waals surface area contributed by atoms with Crippen molar-refractivity contribution in [1.29, 1.82) is 0 Å². The van der Waals surface area contributed by atoms with Gasteiger partial charge in [-0.2, -0.15) is 0 Å². The first-order valence-corrected chi connectivity index (χ1v) is 10.1. The minimum absolute atomic E-state index is 0.000591. The average Bonchev–Trinajstić information content (AvgIpc) is 2.98. The molecule has 3 amide bonds. The van der Waals surface area contributed by atoms with Gasteiger partial charge < -0.3 is 19.7 Å². The molecule has 0 aromatic carbocycles. The van der Waals surface area contributed by atoms with E-state index in [1.165, 1.54) is 0 Å². The molecule has 6 heteroatoms. The van der Waals surface area contributed by atoms with Gasteiger partial charge in [-0.15, -0.1) is 0 Å². The fourth-order valence-electron chi connectivity index (χ4n) is 2.78. The smallest absolute Gasteiger partial charge is 0.318 e. The van der Waals surface area contributed by atoms with Crippen LogP contribution < -0.4 is 5.32 Å². The van der Waals surface area contributed by atoms with Crippen molar-refractivity contribution >= 4 is 11.9 Å². The lowest BCUT2D eigenvalue weighted by Gasteiger charge is -2.33. The van der Waals surface area contributed by atoms with Crippen molar-refractivity contribution in [1.82, 2.24) is 19.7 Å². The molecule has 1 aromatic rings. The second kappa shape index (κ2) is 10.4. The molecule has 154 valence electrons. The van der Waals surface area contributed by atoms with Gasteiger partial charge in [-0.05, 0) is 52.7 Å². The third kappa shape index (κ3) is 7.65. The van der Waals surface area contributed by atoms with Crippen molar-refractivity contribution in [3.8, 4) is 0 Å². The second-order valence-corrected chi connectivity index (χ2v) is 8.34. The number of aromatic nitrogens is 1. The summed E-state index contributed by atoms with van der Waals surface area (Å²) >= 11 is 0. The largest absolute Gasteiger partial charge is 0.353 e. The van der Waals surface area contributed by atoms with Crippen LogP contribution in [0.1, 0.15) is 66.5 Å². The highest BCUT2D eigenvalue weighted by Crippen LogP contribution is 2.11. The van der Waals surface area contributed by atoms with Gasteiger partial charge in [0.2, 0.25) is 5.91 Å². The van der Waals surface area contributed by atoms with Crippen LogP contribution in [0.2, 0.25) is 0 Å². The van der Waals surface area contributed by atoms with Crippen LogP contribution in [-0.2, 0) is 18.4 Å². The van der Waals surface area contributed by atoms with Gasteiger partial charge in [0.1, 0.15) is 6.54 Å². The van der Waals surface area contributed by atoms with E-state index in [9.17, 15) is 9.59 Å². The highest BCUT2D eigenvalue weighted by atomic mass is 16.2. The molecule has 0 saturated heterocycles. The average molecular weight is 379 g/mol. The molecule has 1 atom stereocenters. The predicted molar refractivity (Wildman–Crippen MR) is 110 cm³/mol. The molecule has 0 saturated carbocycles. The van der Waals surface area contributed by atoms with E-state index >= 15 is 0 Å². The molecule has 6 nitrogen and oxygen atoms in total. The number of unbranched alkanes of at least 4 members (excludes halogenated alkanes) is 1. The van der Waals surface area contributed by atoms with E-state index in [4.69, 9.17) is 0 Å². The molecule has 1 heterocycles. The lowest BCUT2D eigenvalue weighted by atomic mass is 10.1. The number of carbonyl (C=O) groups excluding carboxylic acids is 2. The monoisotopic (exact) mass is 378 g/mol. The van der Waals surface area contributed by atoms with Gasteiger partial charge in [0.05, 0.1) is 6.54 Å². The molecule has 0 aliphatic carbocycles. The zero-order chi connectivity index (χ0) is 20.6. The van der Waals surface area contributed by atoms with E-state index in [1.807, 2.05) is 69.5 Å². The molecule has 0 spiro atoms. The highest BCUT2D eigenvalue weighted by Gasteiger charge is 2.27. The fraction of sp³-hybridized carbons (Fsp3) is 0.714. The molecule has 0 radical (unpaired) electrons. The molecule has 27 heavy (non-hydrogen) atoms. The molecule has 0 unspecified atom stereocenters. The quantitative estimate of drug-likeness (QED) is 0.711. The number of urea groups is 1. The SMILES string of the molecule is CCCCN(Cc1cccn1C)C(=O)CN(C(=O)NC(C)(C)C)[C@@H](C)CC. The molecular weight excluding hydrogens is 340 g/mol. The number of aryl methyl sites for hydroxylation is 1. The minimum atomic E-state index is -0.337. The first kappa shape index (κ1) is 23.1. The summed E-state index contributed by atoms with van der Waals surface area (Å²) in [5, 5.41) is 2.99. The molecule has 0 aliphatic rings. The molecule has 1 rings (SSSR count). The summed E-state index contributed by atoms with van der Waals surface area (Å²) in [5.41, 5.74) is 0.755. The van der Waals surface area contributed by atoms with E-state index in [0.717, 1.165) is 25.0 Å². The Morgan fingerprint density at radius 3 is 2.41 bits per heavy atom. The van der Waals surface area contributed by atoms with Gasteiger partial charge in [-0.25, -0.2) is 4.79 Å². The van der Waals surface area contributed by atoms with E-state index in [2.05, 4.69) is 12.2 Å². The molecule has 1 aromatic heterocycles. The van der Waals surface area contributed by atoms with Crippen molar-refractivity contribution in [2.45, 2.75) is 78.9 Å². The summed E-state index contributed by atoms with van der Waals surface area (Å²) in [6.45, 7) is 13.4. The Hall–Kier alpha value is -1.98. The summed E-state index contributed by atoms with van der Waals surface area (Å²) in [7, 11) is 1.99. The van der Waals surface area contributed by atoms with Gasteiger partial charge in [-0.1, -0.05) is 20.3 Å². The summed E-state index contributed by atoms with van der Waals surface area (Å²) in [6, 6.07) is 3.84. The number of rotatable bonds is 9. The van der Waals surface area contributed by atoms with Gasteiger partial charge >= 0.3 is 6.03 Å². The third-order valence-corrected chi connectivity index (χ3v) is 4.71. The normalized spacial score (nSPS) is 12.6. The second-order valence-electron chi connectivity index (χ2n) is 8.34. The summed E-state index contributed by atoms with van der Waals surface area (Å²) in [6.07, 6.45) is 4.77. The van der Waals surface area contributed by atoms with Gasteiger partial charge in [0, 0.05) is 37.1 Å². The summed E-state index contributed by atoms with van der Waals surface area (Å²) in [5.74, 6) is -0.00555. The van der Waals surface area contributed by atoms with Crippen LogP contribution in [0.3, 0.4) is 0 Å². The van der Waals surface area contributed by atoms with Crippen LogP contribution in [0.5, 0.6) is 0 Å². The highest BCUT2D eigenvalue weighted by molar-refractivity contribution is 5.84. The Balaban J connectivity index is 2.92. The van der Waals surface area contributed by atoms with Crippen LogP contribution in [0.4, 0.5) is 4.79 Å². The number of carbonyl (C=O) groups is 2. The lowest BCUT2D eigenvalue weighted by molar-refractivity contribution is -0.133.